The number of nitrogens with one attached hydrogen (secondary N) is 1. The van der Waals surface area contributed by atoms with Gasteiger partial charge < -0.3 is 5.32 Å². The summed E-state index contributed by atoms with van der Waals surface area (Å²) in [5, 5.41) is 13.9. The monoisotopic (exact) mass is 444 g/mol. The van der Waals surface area contributed by atoms with E-state index >= 15 is 0 Å². The summed E-state index contributed by atoms with van der Waals surface area (Å²) in [4.78, 5) is 40.4. The first-order valence-electron chi connectivity index (χ1n) is 8.83. The van der Waals surface area contributed by atoms with Crippen LogP contribution in [0.5, 0.6) is 0 Å². The van der Waals surface area contributed by atoms with E-state index in [1.165, 1.54) is 22.8 Å². The SMILES string of the molecule is C=CCn1c(S[C@@H](C)C(=O)Nc2cc([N+](=O)[O-])ccc2Cl)nc2ccccc2c1=O. The van der Waals surface area contributed by atoms with Crippen LogP contribution in [0.1, 0.15) is 6.92 Å². The summed E-state index contributed by atoms with van der Waals surface area (Å²) in [7, 11) is 0. The first kappa shape index (κ1) is 21.5. The number of amides is 1. The van der Waals surface area contributed by atoms with Crippen LogP contribution in [0.15, 0.2) is 65.1 Å². The second-order valence-corrected chi connectivity index (χ2v) is 8.00. The van der Waals surface area contributed by atoms with Crippen molar-refractivity contribution in [1.82, 2.24) is 9.55 Å². The van der Waals surface area contributed by atoms with E-state index in [4.69, 9.17) is 11.6 Å². The molecule has 154 valence electrons. The molecule has 0 aliphatic carbocycles. The van der Waals surface area contributed by atoms with Gasteiger partial charge in [0.15, 0.2) is 5.16 Å². The minimum Gasteiger partial charge on any atom is -0.324 e. The van der Waals surface area contributed by atoms with Crippen LogP contribution in [0.3, 0.4) is 0 Å². The highest BCUT2D eigenvalue weighted by Crippen LogP contribution is 2.29. The number of halogens is 1. The molecular formula is C20H17ClN4O4S. The van der Waals surface area contributed by atoms with Gasteiger partial charge in [-0.15, -0.1) is 6.58 Å². The van der Waals surface area contributed by atoms with Crippen molar-refractivity contribution >= 4 is 51.5 Å². The molecule has 0 spiro atoms. The first-order valence-corrected chi connectivity index (χ1v) is 10.1. The summed E-state index contributed by atoms with van der Waals surface area (Å²) >= 11 is 7.15. The Kier molecular flexibility index (Phi) is 6.53. The number of benzene rings is 2. The summed E-state index contributed by atoms with van der Waals surface area (Å²) in [5.41, 5.74) is 0.251. The van der Waals surface area contributed by atoms with Gasteiger partial charge in [-0.25, -0.2) is 4.98 Å². The molecule has 1 amide bonds. The number of aromatic nitrogens is 2. The number of rotatable bonds is 7. The van der Waals surface area contributed by atoms with Crippen LogP contribution in [0, 0.1) is 10.1 Å². The Morgan fingerprint density at radius 2 is 2.13 bits per heavy atom. The molecule has 3 aromatic rings. The van der Waals surface area contributed by atoms with E-state index in [1.54, 1.807) is 37.3 Å². The van der Waals surface area contributed by atoms with Crippen molar-refractivity contribution in [3.05, 3.63) is 80.6 Å². The maximum absolute atomic E-state index is 12.8. The second-order valence-electron chi connectivity index (χ2n) is 6.29. The lowest BCUT2D eigenvalue weighted by Gasteiger charge is -2.16. The summed E-state index contributed by atoms with van der Waals surface area (Å²) < 4.78 is 1.45. The van der Waals surface area contributed by atoms with Crippen molar-refractivity contribution in [2.45, 2.75) is 23.9 Å². The molecule has 1 heterocycles. The summed E-state index contributed by atoms with van der Waals surface area (Å²) in [5.74, 6) is -0.435. The molecule has 30 heavy (non-hydrogen) atoms. The zero-order chi connectivity index (χ0) is 21.8. The fourth-order valence-corrected chi connectivity index (χ4v) is 3.78. The molecule has 1 aromatic heterocycles. The van der Waals surface area contributed by atoms with Crippen LogP contribution >= 0.6 is 23.4 Å². The van der Waals surface area contributed by atoms with E-state index in [0.29, 0.717) is 16.1 Å². The predicted octanol–water partition coefficient (Wildman–Crippen LogP) is 4.26. The second kappa shape index (κ2) is 9.10. The quantitative estimate of drug-likeness (QED) is 0.192. The van der Waals surface area contributed by atoms with Gasteiger partial charge in [0, 0.05) is 18.7 Å². The van der Waals surface area contributed by atoms with E-state index in [1.807, 2.05) is 0 Å². The third-order valence-electron chi connectivity index (χ3n) is 4.21. The van der Waals surface area contributed by atoms with E-state index in [2.05, 4.69) is 16.9 Å². The number of fused-ring (bicyclic) bond motifs is 1. The largest absolute Gasteiger partial charge is 0.324 e. The molecule has 0 radical (unpaired) electrons. The number of hydrogen-bond donors (Lipinski definition) is 1. The third-order valence-corrected chi connectivity index (χ3v) is 5.63. The zero-order valence-electron chi connectivity index (χ0n) is 15.9. The molecule has 1 atom stereocenters. The molecule has 3 rings (SSSR count). The fraction of sp³-hybridized carbons (Fsp3) is 0.150. The molecule has 0 saturated carbocycles. The van der Waals surface area contributed by atoms with Crippen molar-refractivity contribution in [3.8, 4) is 0 Å². The van der Waals surface area contributed by atoms with Gasteiger partial charge in [0.05, 0.1) is 31.8 Å². The highest BCUT2D eigenvalue weighted by molar-refractivity contribution is 8.00. The normalized spacial score (nSPS) is 11.8. The van der Waals surface area contributed by atoms with Crippen molar-refractivity contribution in [1.29, 1.82) is 0 Å². The van der Waals surface area contributed by atoms with Crippen molar-refractivity contribution in [2.75, 3.05) is 5.32 Å². The molecular weight excluding hydrogens is 428 g/mol. The third kappa shape index (κ3) is 4.52. The molecule has 0 aliphatic rings. The van der Waals surface area contributed by atoms with Gasteiger partial charge in [0.2, 0.25) is 5.91 Å². The highest BCUT2D eigenvalue weighted by atomic mass is 35.5. The topological polar surface area (TPSA) is 107 Å². The number of carbonyl (C=O) groups is 1. The number of anilines is 1. The Labute approximate surface area is 180 Å². The lowest BCUT2D eigenvalue weighted by Crippen LogP contribution is -2.27. The number of para-hydroxylation sites is 1. The van der Waals surface area contributed by atoms with Gasteiger partial charge >= 0.3 is 0 Å². The lowest BCUT2D eigenvalue weighted by molar-refractivity contribution is -0.384. The van der Waals surface area contributed by atoms with Crippen molar-refractivity contribution < 1.29 is 9.72 Å². The van der Waals surface area contributed by atoms with Gasteiger partial charge in [-0.2, -0.15) is 0 Å². The van der Waals surface area contributed by atoms with Crippen LogP contribution < -0.4 is 10.9 Å². The Hall–Kier alpha value is -3.17. The summed E-state index contributed by atoms with van der Waals surface area (Å²) in [6.45, 7) is 5.56. The van der Waals surface area contributed by atoms with Crippen LogP contribution in [0.25, 0.3) is 10.9 Å². The molecule has 0 fully saturated rings. The summed E-state index contributed by atoms with van der Waals surface area (Å²) in [6, 6.07) is 10.8. The van der Waals surface area contributed by atoms with Gasteiger partial charge in [0.1, 0.15) is 0 Å². The Bertz CT molecular complexity index is 1210. The van der Waals surface area contributed by atoms with Crippen LogP contribution in [0.2, 0.25) is 5.02 Å². The Morgan fingerprint density at radius 3 is 2.83 bits per heavy atom. The van der Waals surface area contributed by atoms with Crippen molar-refractivity contribution in [3.63, 3.8) is 0 Å². The number of hydrogen-bond acceptors (Lipinski definition) is 6. The maximum atomic E-state index is 12.8. The lowest BCUT2D eigenvalue weighted by atomic mass is 10.2. The molecule has 0 unspecified atom stereocenters. The van der Waals surface area contributed by atoms with Crippen LogP contribution in [0.4, 0.5) is 11.4 Å². The maximum Gasteiger partial charge on any atom is 0.271 e. The number of carbonyl (C=O) groups excluding carboxylic acids is 1. The highest BCUT2D eigenvalue weighted by Gasteiger charge is 2.21. The van der Waals surface area contributed by atoms with E-state index in [-0.39, 0.29) is 28.5 Å². The average molecular weight is 445 g/mol. The minimum absolute atomic E-state index is 0.137. The van der Waals surface area contributed by atoms with Crippen LogP contribution in [-0.4, -0.2) is 25.6 Å². The fourth-order valence-electron chi connectivity index (χ4n) is 2.70. The summed E-state index contributed by atoms with van der Waals surface area (Å²) in [6.07, 6.45) is 1.58. The molecule has 8 nitrogen and oxygen atoms in total. The number of non-ortho nitro benzene ring substituents is 1. The molecule has 1 N–H and O–H groups in total. The zero-order valence-corrected chi connectivity index (χ0v) is 17.4. The Morgan fingerprint density at radius 1 is 1.40 bits per heavy atom. The number of nitrogens with zero attached hydrogens (tertiary/aromatic N) is 3. The molecule has 2 aromatic carbocycles. The minimum atomic E-state index is -0.663. The van der Waals surface area contributed by atoms with Crippen molar-refractivity contribution in [2.24, 2.45) is 0 Å². The van der Waals surface area contributed by atoms with E-state index < -0.39 is 16.1 Å². The number of nitro benzene ring substituents is 1. The average Bonchev–Trinajstić information content (AvgIpc) is 2.72. The molecule has 0 bridgehead atoms. The molecule has 0 aliphatic heterocycles. The van der Waals surface area contributed by atoms with E-state index in [9.17, 15) is 19.7 Å². The van der Waals surface area contributed by atoms with Gasteiger partial charge in [-0.1, -0.05) is 41.6 Å². The number of allylic oxidation sites excluding steroid dienone is 1. The number of thioether (sulfide) groups is 1. The van der Waals surface area contributed by atoms with Gasteiger partial charge in [0.25, 0.3) is 11.2 Å². The van der Waals surface area contributed by atoms with Gasteiger partial charge in [-0.3, -0.25) is 24.3 Å². The predicted molar refractivity (Wildman–Crippen MR) is 118 cm³/mol. The van der Waals surface area contributed by atoms with E-state index in [0.717, 1.165) is 11.8 Å². The first-order chi connectivity index (χ1) is 14.3. The standard InChI is InChI=1S/C20H17ClN4O4S/c1-3-10-24-19(27)14-6-4-5-7-16(14)23-20(24)30-12(2)18(26)22-17-11-13(25(28)29)8-9-15(17)21/h3-9,11-12H,1,10H2,2H3,(H,22,26)/t12-/m0/s1. The molecule has 10 heteroatoms. The Balaban J connectivity index is 1.88. The van der Waals surface area contributed by atoms with Gasteiger partial charge in [-0.05, 0) is 25.1 Å². The van der Waals surface area contributed by atoms with Crippen LogP contribution in [-0.2, 0) is 11.3 Å². The molecule has 0 saturated heterocycles. The number of nitro groups is 1. The smallest absolute Gasteiger partial charge is 0.271 e.